The highest BCUT2D eigenvalue weighted by molar-refractivity contribution is 5.92. The highest BCUT2D eigenvalue weighted by atomic mass is 14.9. The summed E-state index contributed by atoms with van der Waals surface area (Å²) < 4.78 is 0. The second-order valence-corrected chi connectivity index (χ2v) is 4.27. The van der Waals surface area contributed by atoms with E-state index in [1.165, 1.54) is 19.3 Å². The lowest BCUT2D eigenvalue weighted by atomic mass is 10.1. The molecule has 3 nitrogen and oxygen atoms in total. The van der Waals surface area contributed by atoms with Gasteiger partial charge in [-0.25, -0.2) is 0 Å². The van der Waals surface area contributed by atoms with Crippen LogP contribution >= 0.6 is 0 Å². The molecular weight excluding hydrogens is 210 g/mol. The molecule has 2 rings (SSSR count). The van der Waals surface area contributed by atoms with Gasteiger partial charge in [0.1, 0.15) is 0 Å². The van der Waals surface area contributed by atoms with Crippen molar-refractivity contribution in [3.05, 3.63) is 30.5 Å². The average molecular weight is 229 g/mol. The fourth-order valence-electron chi connectivity index (χ4n) is 1.92. The summed E-state index contributed by atoms with van der Waals surface area (Å²) in [5.41, 5.74) is 8.60. The Labute approximate surface area is 102 Å². The Morgan fingerprint density at radius 3 is 2.94 bits per heavy atom. The molecule has 3 heteroatoms. The molecule has 0 aliphatic heterocycles. The van der Waals surface area contributed by atoms with Crippen molar-refractivity contribution in [1.29, 1.82) is 0 Å². The number of benzene rings is 1. The monoisotopic (exact) mass is 229 g/mol. The van der Waals surface area contributed by atoms with Gasteiger partial charge < -0.3 is 11.1 Å². The smallest absolute Gasteiger partial charge is 0.0743 e. The van der Waals surface area contributed by atoms with Crippen LogP contribution in [0.2, 0.25) is 0 Å². The van der Waals surface area contributed by atoms with Crippen molar-refractivity contribution in [2.75, 3.05) is 17.6 Å². The zero-order chi connectivity index (χ0) is 12.1. The number of rotatable bonds is 5. The minimum atomic E-state index is 0.758. The minimum Gasteiger partial charge on any atom is -0.399 e. The number of unbranched alkanes of at least 4 members (excludes halogenated alkanes) is 2. The number of nitrogens with one attached hydrogen (secondary N) is 1. The Morgan fingerprint density at radius 1 is 1.24 bits per heavy atom. The summed E-state index contributed by atoms with van der Waals surface area (Å²) in [4.78, 5) is 4.33. The van der Waals surface area contributed by atoms with Crippen LogP contribution in [0.4, 0.5) is 11.4 Å². The van der Waals surface area contributed by atoms with Gasteiger partial charge in [0.2, 0.25) is 0 Å². The van der Waals surface area contributed by atoms with Crippen molar-refractivity contribution in [1.82, 2.24) is 4.98 Å². The fraction of sp³-hybridized carbons (Fsp3) is 0.357. The summed E-state index contributed by atoms with van der Waals surface area (Å²) >= 11 is 0. The molecule has 1 aromatic carbocycles. The third kappa shape index (κ3) is 2.87. The number of nitrogens with zero attached hydrogens (tertiary/aromatic N) is 1. The molecule has 0 amide bonds. The number of fused-ring (bicyclic) bond motifs is 1. The summed E-state index contributed by atoms with van der Waals surface area (Å²) in [7, 11) is 0. The first-order valence-corrected chi connectivity index (χ1v) is 6.19. The third-order valence-corrected chi connectivity index (χ3v) is 2.86. The highest BCUT2D eigenvalue weighted by Crippen LogP contribution is 2.23. The van der Waals surface area contributed by atoms with Gasteiger partial charge in [-0.15, -0.1) is 0 Å². The molecule has 0 fully saturated rings. The number of nitrogen functional groups attached to an aromatic ring is 1. The summed E-state index contributed by atoms with van der Waals surface area (Å²) in [6.45, 7) is 3.22. The Morgan fingerprint density at radius 2 is 2.12 bits per heavy atom. The van der Waals surface area contributed by atoms with Crippen LogP contribution in [-0.2, 0) is 0 Å². The third-order valence-electron chi connectivity index (χ3n) is 2.86. The molecule has 1 heterocycles. The standard InChI is InChI=1S/C14H19N3/c1-2-3-4-8-16-13-7-9-17-14-10-11(15)5-6-12(13)14/h5-7,9-10H,2-4,8,15H2,1H3,(H,16,17). The maximum Gasteiger partial charge on any atom is 0.0743 e. The molecule has 0 aliphatic rings. The topological polar surface area (TPSA) is 50.9 Å². The van der Waals surface area contributed by atoms with Gasteiger partial charge in [-0.2, -0.15) is 0 Å². The summed E-state index contributed by atoms with van der Waals surface area (Å²) in [6.07, 6.45) is 5.54. The lowest BCUT2D eigenvalue weighted by Crippen LogP contribution is -2.02. The van der Waals surface area contributed by atoms with Crippen molar-refractivity contribution < 1.29 is 0 Å². The molecule has 1 aromatic heterocycles. The molecule has 0 saturated carbocycles. The van der Waals surface area contributed by atoms with Gasteiger partial charge in [0.25, 0.3) is 0 Å². The Bertz CT molecular complexity index is 494. The Balaban J connectivity index is 2.16. The number of hydrogen-bond donors (Lipinski definition) is 2. The first-order valence-electron chi connectivity index (χ1n) is 6.19. The van der Waals surface area contributed by atoms with Crippen molar-refractivity contribution in [3.63, 3.8) is 0 Å². The largest absolute Gasteiger partial charge is 0.399 e. The summed E-state index contributed by atoms with van der Waals surface area (Å²) in [6, 6.07) is 7.87. The van der Waals surface area contributed by atoms with Gasteiger partial charge in [-0.05, 0) is 30.7 Å². The summed E-state index contributed by atoms with van der Waals surface area (Å²) in [5, 5.41) is 4.60. The lowest BCUT2D eigenvalue weighted by Gasteiger charge is -2.09. The number of pyridine rings is 1. The molecule has 0 unspecified atom stereocenters. The number of aromatic nitrogens is 1. The quantitative estimate of drug-likeness (QED) is 0.610. The predicted octanol–water partition coefficient (Wildman–Crippen LogP) is 3.42. The van der Waals surface area contributed by atoms with E-state index in [-0.39, 0.29) is 0 Å². The van der Waals surface area contributed by atoms with E-state index in [9.17, 15) is 0 Å². The van der Waals surface area contributed by atoms with E-state index in [0.717, 1.165) is 28.8 Å². The van der Waals surface area contributed by atoms with Crippen LogP contribution in [0, 0.1) is 0 Å². The van der Waals surface area contributed by atoms with Crippen molar-refractivity contribution >= 4 is 22.3 Å². The molecular formula is C14H19N3. The van der Waals surface area contributed by atoms with E-state index in [1.807, 2.05) is 30.5 Å². The fourth-order valence-corrected chi connectivity index (χ4v) is 1.92. The lowest BCUT2D eigenvalue weighted by molar-refractivity contribution is 0.744. The predicted molar refractivity (Wildman–Crippen MR) is 74.2 cm³/mol. The zero-order valence-electron chi connectivity index (χ0n) is 10.2. The van der Waals surface area contributed by atoms with Gasteiger partial charge in [0.15, 0.2) is 0 Å². The van der Waals surface area contributed by atoms with Crippen LogP contribution in [0.1, 0.15) is 26.2 Å². The van der Waals surface area contributed by atoms with E-state index in [0.29, 0.717) is 0 Å². The number of hydrogen-bond acceptors (Lipinski definition) is 3. The zero-order valence-corrected chi connectivity index (χ0v) is 10.2. The van der Waals surface area contributed by atoms with Crippen molar-refractivity contribution in [2.45, 2.75) is 26.2 Å². The van der Waals surface area contributed by atoms with E-state index in [4.69, 9.17) is 5.73 Å². The Kier molecular flexibility index (Phi) is 3.81. The first-order chi connectivity index (χ1) is 8.31. The molecule has 17 heavy (non-hydrogen) atoms. The van der Waals surface area contributed by atoms with E-state index < -0.39 is 0 Å². The highest BCUT2D eigenvalue weighted by Gasteiger charge is 2.01. The van der Waals surface area contributed by atoms with E-state index >= 15 is 0 Å². The molecule has 0 radical (unpaired) electrons. The SMILES string of the molecule is CCCCCNc1ccnc2cc(N)ccc12. The number of nitrogens with two attached hydrogens (primary N) is 1. The average Bonchev–Trinajstić information content (AvgIpc) is 2.34. The van der Waals surface area contributed by atoms with Gasteiger partial charge in [0, 0.05) is 29.5 Å². The number of anilines is 2. The van der Waals surface area contributed by atoms with Crippen molar-refractivity contribution in [2.24, 2.45) is 0 Å². The molecule has 0 spiro atoms. The first kappa shape index (κ1) is 11.7. The molecule has 3 N–H and O–H groups in total. The maximum absolute atomic E-state index is 5.75. The van der Waals surface area contributed by atoms with Gasteiger partial charge in [-0.1, -0.05) is 19.8 Å². The second-order valence-electron chi connectivity index (χ2n) is 4.27. The molecule has 2 aromatic rings. The second kappa shape index (κ2) is 5.53. The summed E-state index contributed by atoms with van der Waals surface area (Å²) in [5.74, 6) is 0. The molecule has 0 bridgehead atoms. The van der Waals surface area contributed by atoms with Crippen LogP contribution in [0.5, 0.6) is 0 Å². The minimum absolute atomic E-state index is 0.758. The van der Waals surface area contributed by atoms with Gasteiger partial charge in [-0.3, -0.25) is 4.98 Å². The normalized spacial score (nSPS) is 10.6. The Hall–Kier alpha value is -1.77. The molecule has 0 aliphatic carbocycles. The van der Waals surface area contributed by atoms with Gasteiger partial charge in [0.05, 0.1) is 5.52 Å². The van der Waals surface area contributed by atoms with E-state index in [2.05, 4.69) is 17.2 Å². The van der Waals surface area contributed by atoms with Crippen LogP contribution in [0.15, 0.2) is 30.5 Å². The maximum atomic E-state index is 5.75. The van der Waals surface area contributed by atoms with Crippen LogP contribution in [0.25, 0.3) is 10.9 Å². The van der Waals surface area contributed by atoms with Crippen LogP contribution in [0.3, 0.4) is 0 Å². The molecule has 0 atom stereocenters. The van der Waals surface area contributed by atoms with E-state index in [1.54, 1.807) is 0 Å². The van der Waals surface area contributed by atoms with Gasteiger partial charge >= 0.3 is 0 Å². The molecule has 0 saturated heterocycles. The van der Waals surface area contributed by atoms with Crippen LogP contribution in [-0.4, -0.2) is 11.5 Å². The molecule has 90 valence electrons. The van der Waals surface area contributed by atoms with Crippen LogP contribution < -0.4 is 11.1 Å². The van der Waals surface area contributed by atoms with Crippen molar-refractivity contribution in [3.8, 4) is 0 Å².